The molecule has 0 spiro atoms. The third kappa shape index (κ3) is 4.14. The van der Waals surface area contributed by atoms with Crippen molar-refractivity contribution in [3.8, 4) is 0 Å². The van der Waals surface area contributed by atoms with Crippen LogP contribution in [0.1, 0.15) is 20.7 Å². The normalized spacial score (nSPS) is 18.7. The van der Waals surface area contributed by atoms with Crippen molar-refractivity contribution in [3.05, 3.63) is 69.5 Å². The van der Waals surface area contributed by atoms with Gasteiger partial charge < -0.3 is 0 Å². The number of carbonyl (C=O) groups excluding carboxylic acids is 4. The largest absolute Gasteiger partial charge is 0.276 e. The van der Waals surface area contributed by atoms with Crippen molar-refractivity contribution in [1.29, 1.82) is 0 Å². The third-order valence-corrected chi connectivity index (χ3v) is 7.76. The average molecular weight is 539 g/mol. The minimum Gasteiger partial charge on any atom is -0.276 e. The van der Waals surface area contributed by atoms with E-state index in [0.29, 0.717) is 11.4 Å². The molecule has 12 heteroatoms. The quantitative estimate of drug-likeness (QED) is 0.303. The molecule has 2 aliphatic rings. The highest BCUT2D eigenvalue weighted by molar-refractivity contribution is 8.30. The Balaban J connectivity index is 1.65. The summed E-state index contributed by atoms with van der Waals surface area (Å²) < 4.78 is 0.482. The summed E-state index contributed by atoms with van der Waals surface area (Å²) in [4.78, 5) is 51.7. The number of hydrogen-bond acceptors (Lipinski definition) is 8. The Morgan fingerprint density at radius 3 is 1.25 bits per heavy atom. The lowest BCUT2D eigenvalue weighted by molar-refractivity contribution is -0.115. The van der Waals surface area contributed by atoms with E-state index >= 15 is 0 Å². The Kier molecular flexibility index (Phi) is 6.53. The molecule has 2 aromatic rings. The summed E-state index contributed by atoms with van der Waals surface area (Å²) in [5.41, 5.74) is 1.45. The van der Waals surface area contributed by atoms with E-state index in [2.05, 4.69) is 0 Å². The van der Waals surface area contributed by atoms with Crippen LogP contribution in [-0.4, -0.2) is 30.9 Å². The van der Waals surface area contributed by atoms with E-state index < -0.39 is 22.3 Å². The van der Waals surface area contributed by atoms with Gasteiger partial charge in [0, 0.05) is 11.1 Å². The van der Waals surface area contributed by atoms with Gasteiger partial charge in [0.1, 0.15) is 0 Å². The zero-order chi connectivity index (χ0) is 23.2. The third-order valence-electron chi connectivity index (χ3n) is 4.45. The molecule has 0 unspecified atom stereocenters. The molecule has 160 valence electrons. The van der Waals surface area contributed by atoms with Gasteiger partial charge in [-0.2, -0.15) is 0 Å². The second kappa shape index (κ2) is 9.05. The van der Waals surface area contributed by atoms with Gasteiger partial charge in [-0.25, -0.2) is 0 Å². The van der Waals surface area contributed by atoms with Gasteiger partial charge in [-0.15, -0.1) is 0 Å². The van der Waals surface area contributed by atoms with E-state index in [9.17, 15) is 19.2 Å². The minimum atomic E-state index is -0.617. The molecule has 2 heterocycles. The van der Waals surface area contributed by atoms with Crippen LogP contribution in [0, 0.1) is 0 Å². The predicted octanol–water partition coefficient (Wildman–Crippen LogP) is 5.09. The lowest BCUT2D eigenvalue weighted by Gasteiger charge is -2.15. The molecule has 0 saturated carbocycles. The van der Waals surface area contributed by atoms with Crippen LogP contribution in [0.5, 0.6) is 0 Å². The maximum atomic E-state index is 13.1. The van der Waals surface area contributed by atoms with Crippen LogP contribution in [0.25, 0.3) is 0 Å². The number of nitrogens with zero attached hydrogens (tertiary/aromatic N) is 2. The summed E-state index contributed by atoms with van der Waals surface area (Å²) in [6.07, 6.45) is 0. The second-order valence-corrected chi connectivity index (χ2v) is 10.3. The number of thiocarbonyl (C=S) groups is 2. The van der Waals surface area contributed by atoms with Crippen molar-refractivity contribution in [1.82, 2.24) is 0 Å². The van der Waals surface area contributed by atoms with Crippen molar-refractivity contribution < 1.29 is 19.2 Å². The summed E-state index contributed by atoms with van der Waals surface area (Å²) in [6, 6.07) is 12.1. The van der Waals surface area contributed by atoms with Crippen LogP contribution < -0.4 is 9.80 Å². The summed E-state index contributed by atoms with van der Waals surface area (Å²) in [6.45, 7) is 0. The Hall–Kier alpha value is -2.08. The maximum absolute atomic E-state index is 13.1. The van der Waals surface area contributed by atoms with Gasteiger partial charge in [0.25, 0.3) is 22.3 Å². The topological polar surface area (TPSA) is 74.8 Å². The van der Waals surface area contributed by atoms with E-state index in [4.69, 9.17) is 47.6 Å². The first kappa shape index (κ1) is 23.1. The molecule has 0 atom stereocenters. The fourth-order valence-electron chi connectivity index (χ4n) is 2.94. The SMILES string of the molecule is O=C(Cl)c1ccc(N2C(=O)/C(=C3\SC(=S)N(c4ccc(C(=O)Cl)cc4)C3=O)SC2=S)cc1. The molecule has 2 fully saturated rings. The van der Waals surface area contributed by atoms with Crippen molar-refractivity contribution in [2.24, 2.45) is 0 Å². The van der Waals surface area contributed by atoms with Crippen molar-refractivity contribution in [2.45, 2.75) is 0 Å². The monoisotopic (exact) mass is 538 g/mol. The summed E-state index contributed by atoms with van der Waals surface area (Å²) in [5, 5.41) is -1.23. The molecule has 2 amide bonds. The number of anilines is 2. The second-order valence-electron chi connectivity index (χ2n) is 6.32. The van der Waals surface area contributed by atoms with Gasteiger partial charge in [-0.3, -0.25) is 29.0 Å². The van der Waals surface area contributed by atoms with Gasteiger partial charge in [0.15, 0.2) is 8.64 Å². The lowest BCUT2D eigenvalue weighted by Crippen LogP contribution is -2.29. The molecule has 2 aliphatic heterocycles. The van der Waals surface area contributed by atoms with E-state index in [1.807, 2.05) is 0 Å². The molecule has 2 saturated heterocycles. The molecule has 0 radical (unpaired) electrons. The van der Waals surface area contributed by atoms with Crippen LogP contribution in [0.3, 0.4) is 0 Å². The number of thioether (sulfide) groups is 2. The van der Waals surface area contributed by atoms with Crippen LogP contribution >= 0.6 is 71.2 Å². The van der Waals surface area contributed by atoms with E-state index in [1.165, 1.54) is 34.1 Å². The molecule has 4 rings (SSSR count). The molecule has 0 N–H and O–H groups in total. The van der Waals surface area contributed by atoms with Gasteiger partial charge in [0.2, 0.25) is 0 Å². The first-order valence-electron chi connectivity index (χ1n) is 8.65. The number of benzene rings is 2. The predicted molar refractivity (Wildman–Crippen MR) is 136 cm³/mol. The molecule has 0 bridgehead atoms. The number of carbonyl (C=O) groups is 4. The standard InChI is InChI=1S/C20H8Cl2N2O4S4/c21-15(25)9-1-5-11(6-2-9)23-17(27)13(31-19(23)29)14-18(28)24(20(30)32-14)12-7-3-10(4-8-12)16(22)26/h1-8H/b14-13+. The Morgan fingerprint density at radius 2 is 0.969 bits per heavy atom. The molecule has 32 heavy (non-hydrogen) atoms. The molecule has 6 nitrogen and oxygen atoms in total. The summed E-state index contributed by atoms with van der Waals surface area (Å²) >= 11 is 23.6. The molecular weight excluding hydrogens is 531 g/mol. The Labute approximate surface area is 210 Å². The fraction of sp³-hybridized carbons (Fsp3) is 0. The number of hydrogen-bond donors (Lipinski definition) is 0. The number of halogens is 2. The zero-order valence-electron chi connectivity index (χ0n) is 15.5. The average Bonchev–Trinajstić information content (AvgIpc) is 3.22. The van der Waals surface area contributed by atoms with E-state index in [1.54, 1.807) is 24.3 Å². The highest BCUT2D eigenvalue weighted by Crippen LogP contribution is 2.44. The van der Waals surface area contributed by atoms with E-state index in [0.717, 1.165) is 23.5 Å². The van der Waals surface area contributed by atoms with Gasteiger partial charge in [-0.05, 0) is 71.7 Å². The van der Waals surface area contributed by atoms with Crippen molar-refractivity contribution in [2.75, 3.05) is 9.80 Å². The van der Waals surface area contributed by atoms with E-state index in [-0.39, 0.29) is 29.6 Å². The smallest absolute Gasteiger partial charge is 0.272 e. The Morgan fingerprint density at radius 1 is 0.656 bits per heavy atom. The summed E-state index contributed by atoms with van der Waals surface area (Å²) in [5.74, 6) is -0.929. The fourth-order valence-corrected chi connectivity index (χ4v) is 5.94. The molecular formula is C20H8Cl2N2O4S4. The van der Waals surface area contributed by atoms with Gasteiger partial charge in [0.05, 0.1) is 21.2 Å². The number of amides is 2. The first-order chi connectivity index (χ1) is 15.2. The molecule has 0 aliphatic carbocycles. The summed E-state index contributed by atoms with van der Waals surface area (Å²) in [7, 11) is 0. The minimum absolute atomic E-state index is 0.167. The maximum Gasteiger partial charge on any atom is 0.272 e. The van der Waals surface area contributed by atoms with Crippen LogP contribution in [0.4, 0.5) is 11.4 Å². The molecule has 2 aromatic carbocycles. The highest BCUT2D eigenvalue weighted by Gasteiger charge is 2.43. The molecule has 0 aromatic heterocycles. The van der Waals surface area contributed by atoms with Crippen LogP contribution in [0.2, 0.25) is 0 Å². The lowest BCUT2D eigenvalue weighted by atomic mass is 10.2. The van der Waals surface area contributed by atoms with Crippen LogP contribution in [-0.2, 0) is 9.59 Å². The zero-order valence-corrected chi connectivity index (χ0v) is 20.3. The van der Waals surface area contributed by atoms with Crippen LogP contribution in [0.15, 0.2) is 58.3 Å². The van der Waals surface area contributed by atoms with Gasteiger partial charge in [-0.1, -0.05) is 48.0 Å². The van der Waals surface area contributed by atoms with Crippen molar-refractivity contribution in [3.63, 3.8) is 0 Å². The van der Waals surface area contributed by atoms with Crippen molar-refractivity contribution >= 4 is 113 Å². The van der Waals surface area contributed by atoms with Gasteiger partial charge >= 0.3 is 0 Å². The number of rotatable bonds is 4. The Bertz CT molecular complexity index is 1160. The first-order valence-corrected chi connectivity index (χ1v) is 11.9. The highest BCUT2D eigenvalue weighted by atomic mass is 35.5.